The van der Waals surface area contributed by atoms with E-state index in [0.717, 1.165) is 11.1 Å². The van der Waals surface area contributed by atoms with Crippen LogP contribution in [0.3, 0.4) is 0 Å². The van der Waals surface area contributed by atoms with Gasteiger partial charge in [0.2, 0.25) is 0 Å². The first-order valence-electron chi connectivity index (χ1n) is 9.51. The van der Waals surface area contributed by atoms with Crippen LogP contribution in [0.25, 0.3) is 22.0 Å². The lowest BCUT2D eigenvalue weighted by molar-refractivity contribution is 0.0947. The molecule has 4 aromatic rings. The SMILES string of the molecule is COc1cc(CO)cc(CNC(=O)c2[nH]c3ccc(F)cc3c2-c2ccccc2)c1. The zero-order valence-electron chi connectivity index (χ0n) is 16.4. The third kappa shape index (κ3) is 3.90. The first kappa shape index (κ1) is 19.7. The van der Waals surface area contributed by atoms with Crippen molar-refractivity contribution in [2.24, 2.45) is 0 Å². The van der Waals surface area contributed by atoms with Gasteiger partial charge in [-0.25, -0.2) is 4.39 Å². The van der Waals surface area contributed by atoms with Gasteiger partial charge in [0, 0.05) is 23.0 Å². The number of hydrogen-bond acceptors (Lipinski definition) is 3. The van der Waals surface area contributed by atoms with Crippen LogP contribution in [-0.2, 0) is 13.2 Å². The number of H-pyrrole nitrogens is 1. The fourth-order valence-corrected chi connectivity index (χ4v) is 3.55. The lowest BCUT2D eigenvalue weighted by atomic mass is 10.0. The van der Waals surface area contributed by atoms with Gasteiger partial charge in [-0.3, -0.25) is 4.79 Å². The van der Waals surface area contributed by atoms with E-state index in [2.05, 4.69) is 10.3 Å². The molecule has 3 aromatic carbocycles. The Kier molecular flexibility index (Phi) is 5.50. The van der Waals surface area contributed by atoms with Gasteiger partial charge in [0.25, 0.3) is 5.91 Å². The molecule has 0 bridgehead atoms. The van der Waals surface area contributed by atoms with Gasteiger partial charge in [-0.2, -0.15) is 0 Å². The molecular weight excluding hydrogens is 383 g/mol. The third-order valence-corrected chi connectivity index (χ3v) is 4.95. The first-order chi connectivity index (χ1) is 14.6. The van der Waals surface area contributed by atoms with Gasteiger partial charge in [-0.05, 0) is 47.0 Å². The van der Waals surface area contributed by atoms with E-state index in [1.807, 2.05) is 36.4 Å². The van der Waals surface area contributed by atoms with Crippen LogP contribution in [0.5, 0.6) is 5.75 Å². The molecule has 0 saturated carbocycles. The van der Waals surface area contributed by atoms with E-state index in [9.17, 15) is 14.3 Å². The first-order valence-corrected chi connectivity index (χ1v) is 9.51. The summed E-state index contributed by atoms with van der Waals surface area (Å²) in [5.41, 5.74) is 4.03. The Morgan fingerprint density at radius 2 is 1.83 bits per heavy atom. The molecule has 152 valence electrons. The van der Waals surface area contributed by atoms with Crippen LogP contribution in [0.4, 0.5) is 4.39 Å². The monoisotopic (exact) mass is 404 g/mol. The maximum Gasteiger partial charge on any atom is 0.268 e. The van der Waals surface area contributed by atoms with Crippen molar-refractivity contribution in [1.82, 2.24) is 10.3 Å². The molecule has 1 amide bonds. The van der Waals surface area contributed by atoms with E-state index >= 15 is 0 Å². The van der Waals surface area contributed by atoms with Gasteiger partial charge in [0.15, 0.2) is 0 Å². The number of aromatic amines is 1. The fourth-order valence-electron chi connectivity index (χ4n) is 3.55. The second kappa shape index (κ2) is 8.39. The Morgan fingerprint density at radius 1 is 1.07 bits per heavy atom. The number of hydrogen-bond donors (Lipinski definition) is 3. The largest absolute Gasteiger partial charge is 0.497 e. The Morgan fingerprint density at radius 3 is 2.57 bits per heavy atom. The number of nitrogens with one attached hydrogen (secondary N) is 2. The third-order valence-electron chi connectivity index (χ3n) is 4.95. The Bertz CT molecular complexity index is 1180. The zero-order chi connectivity index (χ0) is 21.1. The van der Waals surface area contributed by atoms with Crippen LogP contribution in [0.2, 0.25) is 0 Å². The zero-order valence-corrected chi connectivity index (χ0v) is 16.4. The molecule has 0 aliphatic carbocycles. The number of rotatable bonds is 6. The molecule has 0 radical (unpaired) electrons. The summed E-state index contributed by atoms with van der Waals surface area (Å²) in [5.74, 6) is -0.0609. The summed E-state index contributed by atoms with van der Waals surface area (Å²) in [4.78, 5) is 16.2. The van der Waals surface area contributed by atoms with Gasteiger partial charge in [0.05, 0.1) is 13.7 Å². The number of benzene rings is 3. The molecule has 0 atom stereocenters. The van der Waals surface area contributed by atoms with Crippen molar-refractivity contribution in [2.45, 2.75) is 13.2 Å². The predicted octanol–water partition coefficient (Wildman–Crippen LogP) is 4.40. The van der Waals surface area contributed by atoms with Crippen molar-refractivity contribution in [3.8, 4) is 16.9 Å². The van der Waals surface area contributed by atoms with Gasteiger partial charge in [-0.1, -0.05) is 36.4 Å². The summed E-state index contributed by atoms with van der Waals surface area (Å²) >= 11 is 0. The van der Waals surface area contributed by atoms with E-state index in [1.165, 1.54) is 12.1 Å². The van der Waals surface area contributed by atoms with Gasteiger partial charge in [-0.15, -0.1) is 0 Å². The van der Waals surface area contributed by atoms with E-state index in [1.54, 1.807) is 25.3 Å². The molecule has 5 nitrogen and oxygen atoms in total. The molecule has 6 heteroatoms. The number of carbonyl (C=O) groups is 1. The number of aliphatic hydroxyl groups excluding tert-OH is 1. The normalized spacial score (nSPS) is 10.9. The summed E-state index contributed by atoms with van der Waals surface area (Å²) < 4.78 is 19.2. The average Bonchev–Trinajstić information content (AvgIpc) is 3.16. The van der Waals surface area contributed by atoms with Crippen LogP contribution < -0.4 is 10.1 Å². The van der Waals surface area contributed by atoms with E-state index in [4.69, 9.17) is 4.74 Å². The highest BCUT2D eigenvalue weighted by atomic mass is 19.1. The summed E-state index contributed by atoms with van der Waals surface area (Å²) in [6, 6.07) is 19.2. The highest BCUT2D eigenvalue weighted by Crippen LogP contribution is 2.33. The van der Waals surface area contributed by atoms with Crippen molar-refractivity contribution in [3.05, 3.63) is 89.4 Å². The number of aromatic nitrogens is 1. The maximum absolute atomic E-state index is 13.9. The number of carbonyl (C=O) groups excluding carboxylic acids is 1. The standard InChI is InChI=1S/C24H21FN2O3/c1-30-19-10-15(9-16(11-19)14-28)13-26-24(29)23-22(17-5-3-2-4-6-17)20-12-18(25)7-8-21(20)27-23/h2-12,27-28H,13-14H2,1H3,(H,26,29). The minimum Gasteiger partial charge on any atom is -0.497 e. The minimum atomic E-state index is -0.362. The Balaban J connectivity index is 1.69. The summed E-state index contributed by atoms with van der Waals surface area (Å²) in [6.45, 7) is 0.130. The Labute approximate surface area is 173 Å². The average molecular weight is 404 g/mol. The fraction of sp³-hybridized carbons (Fsp3) is 0.125. The lowest BCUT2D eigenvalue weighted by Gasteiger charge is -2.10. The number of halogens is 1. The number of fused-ring (bicyclic) bond motifs is 1. The molecule has 1 aromatic heterocycles. The molecule has 0 unspecified atom stereocenters. The molecule has 0 spiro atoms. The highest BCUT2D eigenvalue weighted by molar-refractivity contribution is 6.09. The number of methoxy groups -OCH3 is 1. The second-order valence-corrected chi connectivity index (χ2v) is 6.96. The molecule has 0 saturated heterocycles. The van der Waals surface area contributed by atoms with Gasteiger partial charge >= 0.3 is 0 Å². The van der Waals surface area contributed by atoms with E-state index < -0.39 is 0 Å². The number of aliphatic hydroxyl groups is 1. The van der Waals surface area contributed by atoms with Gasteiger partial charge in [0.1, 0.15) is 17.3 Å². The van der Waals surface area contributed by atoms with Crippen LogP contribution >= 0.6 is 0 Å². The topological polar surface area (TPSA) is 74.3 Å². The summed E-state index contributed by atoms with van der Waals surface area (Å²) in [6.07, 6.45) is 0. The Hall–Kier alpha value is -3.64. The minimum absolute atomic E-state index is 0.121. The molecule has 3 N–H and O–H groups in total. The van der Waals surface area contributed by atoms with Crippen molar-refractivity contribution in [2.75, 3.05) is 7.11 Å². The summed E-state index contributed by atoms with van der Waals surface area (Å²) in [7, 11) is 1.55. The van der Waals surface area contributed by atoms with Crippen molar-refractivity contribution < 1.29 is 19.0 Å². The maximum atomic E-state index is 13.9. The quantitative estimate of drug-likeness (QED) is 0.446. The number of amides is 1. The van der Waals surface area contributed by atoms with E-state index in [-0.39, 0.29) is 24.9 Å². The van der Waals surface area contributed by atoms with Gasteiger partial charge < -0.3 is 20.1 Å². The van der Waals surface area contributed by atoms with Crippen LogP contribution in [0.1, 0.15) is 21.6 Å². The smallest absolute Gasteiger partial charge is 0.268 e. The van der Waals surface area contributed by atoms with Crippen LogP contribution in [-0.4, -0.2) is 23.1 Å². The second-order valence-electron chi connectivity index (χ2n) is 6.96. The molecule has 30 heavy (non-hydrogen) atoms. The molecule has 0 aliphatic heterocycles. The van der Waals surface area contributed by atoms with E-state index in [0.29, 0.717) is 33.5 Å². The number of ether oxygens (including phenoxy) is 1. The predicted molar refractivity (Wildman–Crippen MR) is 114 cm³/mol. The van der Waals surface area contributed by atoms with Crippen molar-refractivity contribution in [1.29, 1.82) is 0 Å². The van der Waals surface area contributed by atoms with Crippen LogP contribution in [0, 0.1) is 5.82 Å². The van der Waals surface area contributed by atoms with Crippen LogP contribution in [0.15, 0.2) is 66.7 Å². The molecule has 0 fully saturated rings. The molecule has 0 aliphatic rings. The van der Waals surface area contributed by atoms with Crippen molar-refractivity contribution in [3.63, 3.8) is 0 Å². The van der Waals surface area contributed by atoms with Crippen molar-refractivity contribution >= 4 is 16.8 Å². The molecular formula is C24H21FN2O3. The summed E-state index contributed by atoms with van der Waals surface area (Å²) in [5, 5.41) is 13.0. The molecule has 1 heterocycles. The molecule has 4 rings (SSSR count). The highest BCUT2D eigenvalue weighted by Gasteiger charge is 2.19. The lowest BCUT2D eigenvalue weighted by Crippen LogP contribution is -2.23.